The van der Waals surface area contributed by atoms with Crippen LogP contribution >= 0.6 is 0 Å². The molecule has 0 aromatic heterocycles. The Morgan fingerprint density at radius 3 is 1.89 bits per heavy atom. The highest BCUT2D eigenvalue weighted by Crippen LogP contribution is 2.15. The van der Waals surface area contributed by atoms with Crippen molar-refractivity contribution < 1.29 is 9.59 Å². The maximum Gasteiger partial charge on any atom is 0.135 e. The summed E-state index contributed by atoms with van der Waals surface area (Å²) in [5, 5.41) is 0. The Labute approximate surface area is 113 Å². The Kier molecular flexibility index (Phi) is 12.3. The highest BCUT2D eigenvalue weighted by molar-refractivity contribution is 5.80. The van der Waals surface area contributed by atoms with E-state index in [-0.39, 0.29) is 0 Å². The summed E-state index contributed by atoms with van der Waals surface area (Å²) in [4.78, 5) is 21.9. The summed E-state index contributed by atoms with van der Waals surface area (Å²) in [5.41, 5.74) is 0. The summed E-state index contributed by atoms with van der Waals surface area (Å²) in [5.74, 6) is 0.763. The van der Waals surface area contributed by atoms with E-state index in [0.29, 0.717) is 18.1 Å². The summed E-state index contributed by atoms with van der Waals surface area (Å²) in [6.45, 7) is 4.21. The van der Waals surface area contributed by atoms with Crippen LogP contribution in [0.25, 0.3) is 0 Å². The molecule has 0 aromatic rings. The first-order valence-electron chi connectivity index (χ1n) is 7.72. The highest BCUT2D eigenvalue weighted by Gasteiger charge is 2.12. The van der Waals surface area contributed by atoms with Gasteiger partial charge in [0.2, 0.25) is 0 Å². The zero-order chi connectivity index (χ0) is 13.6. The van der Waals surface area contributed by atoms with E-state index in [2.05, 4.69) is 13.8 Å². The van der Waals surface area contributed by atoms with E-state index in [0.717, 1.165) is 38.4 Å². The number of rotatable bonds is 13. The van der Waals surface area contributed by atoms with Crippen LogP contribution in [0.1, 0.15) is 84.5 Å². The van der Waals surface area contributed by atoms with Crippen molar-refractivity contribution in [2.24, 2.45) is 5.92 Å². The van der Waals surface area contributed by atoms with Gasteiger partial charge in [-0.25, -0.2) is 0 Å². The predicted octanol–water partition coefficient (Wildman–Crippen LogP) is 4.70. The first kappa shape index (κ1) is 17.3. The molecule has 0 bridgehead atoms. The lowest BCUT2D eigenvalue weighted by atomic mass is 9.94. The van der Waals surface area contributed by atoms with Gasteiger partial charge in [0.1, 0.15) is 12.1 Å². The second-order valence-electron chi connectivity index (χ2n) is 5.16. The lowest BCUT2D eigenvalue weighted by Crippen LogP contribution is -2.12. The maximum atomic E-state index is 11.8. The van der Waals surface area contributed by atoms with Crippen LogP contribution in [0.5, 0.6) is 0 Å². The third-order valence-electron chi connectivity index (χ3n) is 3.69. The molecule has 0 N–H and O–H groups in total. The smallest absolute Gasteiger partial charge is 0.135 e. The highest BCUT2D eigenvalue weighted by atomic mass is 16.1. The molecule has 0 rings (SSSR count). The Bertz CT molecular complexity index is 207. The van der Waals surface area contributed by atoms with E-state index in [1.54, 1.807) is 0 Å². The Hall–Kier alpha value is -0.660. The lowest BCUT2D eigenvalue weighted by molar-refractivity contribution is -0.123. The average Bonchev–Trinajstić information content (AvgIpc) is 2.38. The van der Waals surface area contributed by atoms with E-state index in [4.69, 9.17) is 0 Å². The monoisotopic (exact) mass is 254 g/mol. The molecule has 0 aliphatic carbocycles. The summed E-state index contributed by atoms with van der Waals surface area (Å²) in [7, 11) is 0. The molecule has 0 spiro atoms. The lowest BCUT2D eigenvalue weighted by Gasteiger charge is -2.10. The molecule has 0 fully saturated rings. The van der Waals surface area contributed by atoms with Gasteiger partial charge in [0.05, 0.1) is 0 Å². The van der Waals surface area contributed by atoms with Crippen LogP contribution in [-0.4, -0.2) is 12.1 Å². The molecule has 0 radical (unpaired) electrons. The molecule has 0 aromatic carbocycles. The normalized spacial score (nSPS) is 10.8. The fourth-order valence-electron chi connectivity index (χ4n) is 2.36. The quantitative estimate of drug-likeness (QED) is 0.352. The number of carbonyl (C=O) groups excluding carboxylic acids is 2. The number of hydrogen-bond donors (Lipinski definition) is 0. The molecular weight excluding hydrogens is 224 g/mol. The second-order valence-corrected chi connectivity index (χ2v) is 5.16. The molecule has 0 saturated heterocycles. The van der Waals surface area contributed by atoms with Gasteiger partial charge in [-0.1, -0.05) is 46.0 Å². The van der Waals surface area contributed by atoms with Crippen LogP contribution < -0.4 is 0 Å². The van der Waals surface area contributed by atoms with Gasteiger partial charge in [-0.3, -0.25) is 4.79 Å². The molecular formula is C16H30O2. The fraction of sp³-hybridized carbons (Fsp3) is 0.875. The Morgan fingerprint density at radius 1 is 0.889 bits per heavy atom. The van der Waals surface area contributed by atoms with Crippen LogP contribution in [-0.2, 0) is 9.59 Å². The van der Waals surface area contributed by atoms with Gasteiger partial charge in [-0.05, 0) is 25.7 Å². The van der Waals surface area contributed by atoms with Gasteiger partial charge >= 0.3 is 0 Å². The van der Waals surface area contributed by atoms with Crippen molar-refractivity contribution in [1.29, 1.82) is 0 Å². The van der Waals surface area contributed by atoms with Crippen molar-refractivity contribution in [3.63, 3.8) is 0 Å². The van der Waals surface area contributed by atoms with E-state index in [1.165, 1.54) is 32.1 Å². The van der Waals surface area contributed by atoms with Crippen LogP contribution in [0.15, 0.2) is 0 Å². The first-order valence-corrected chi connectivity index (χ1v) is 7.72. The van der Waals surface area contributed by atoms with Gasteiger partial charge < -0.3 is 4.79 Å². The number of Topliss-reactive ketones (excluding diaryl/α,β-unsaturated/α-hetero) is 1. The Balaban J connectivity index is 3.29. The topological polar surface area (TPSA) is 34.1 Å². The average molecular weight is 254 g/mol. The standard InChI is InChI=1S/C16H30O2/c1-3-15(4-2)16(18)13-11-9-7-5-6-8-10-12-14-17/h14-15H,3-13H2,1-2H3. The third-order valence-corrected chi connectivity index (χ3v) is 3.69. The molecule has 0 unspecified atom stereocenters. The molecule has 2 heteroatoms. The van der Waals surface area contributed by atoms with Crippen molar-refractivity contribution in [2.75, 3.05) is 0 Å². The predicted molar refractivity (Wildman–Crippen MR) is 76.7 cm³/mol. The van der Waals surface area contributed by atoms with Crippen molar-refractivity contribution in [3.8, 4) is 0 Å². The van der Waals surface area contributed by atoms with Crippen molar-refractivity contribution in [1.82, 2.24) is 0 Å². The molecule has 0 atom stereocenters. The van der Waals surface area contributed by atoms with E-state index >= 15 is 0 Å². The summed E-state index contributed by atoms with van der Waals surface area (Å²) >= 11 is 0. The molecule has 106 valence electrons. The summed E-state index contributed by atoms with van der Waals surface area (Å²) in [6, 6.07) is 0. The van der Waals surface area contributed by atoms with Gasteiger partial charge in [-0.2, -0.15) is 0 Å². The van der Waals surface area contributed by atoms with Gasteiger partial charge in [0, 0.05) is 18.8 Å². The van der Waals surface area contributed by atoms with Crippen LogP contribution in [0, 0.1) is 5.92 Å². The van der Waals surface area contributed by atoms with Crippen molar-refractivity contribution >= 4 is 12.1 Å². The summed E-state index contributed by atoms with van der Waals surface area (Å²) < 4.78 is 0. The molecule has 18 heavy (non-hydrogen) atoms. The molecule has 0 aliphatic rings. The van der Waals surface area contributed by atoms with E-state index in [9.17, 15) is 9.59 Å². The molecule has 0 heterocycles. The zero-order valence-corrected chi connectivity index (χ0v) is 12.2. The van der Waals surface area contributed by atoms with Gasteiger partial charge in [0.25, 0.3) is 0 Å². The molecule has 0 saturated carbocycles. The summed E-state index contributed by atoms with van der Waals surface area (Å²) in [6.07, 6.45) is 12.6. The van der Waals surface area contributed by atoms with Crippen molar-refractivity contribution in [3.05, 3.63) is 0 Å². The van der Waals surface area contributed by atoms with Crippen LogP contribution in [0.3, 0.4) is 0 Å². The van der Waals surface area contributed by atoms with Crippen LogP contribution in [0.4, 0.5) is 0 Å². The first-order chi connectivity index (χ1) is 8.76. The maximum absolute atomic E-state index is 11.8. The van der Waals surface area contributed by atoms with E-state index < -0.39 is 0 Å². The van der Waals surface area contributed by atoms with E-state index in [1.807, 2.05) is 0 Å². The number of hydrogen-bond acceptors (Lipinski definition) is 2. The minimum absolute atomic E-state index is 0.299. The fourth-order valence-corrected chi connectivity index (χ4v) is 2.36. The number of aldehydes is 1. The minimum atomic E-state index is 0.299. The number of ketones is 1. The van der Waals surface area contributed by atoms with Gasteiger partial charge in [0.15, 0.2) is 0 Å². The second kappa shape index (κ2) is 12.8. The SMILES string of the molecule is CCC(CC)C(=O)CCCCCCCCCC=O. The minimum Gasteiger partial charge on any atom is -0.303 e. The largest absolute Gasteiger partial charge is 0.303 e. The molecule has 2 nitrogen and oxygen atoms in total. The van der Waals surface area contributed by atoms with Crippen LogP contribution in [0.2, 0.25) is 0 Å². The Morgan fingerprint density at radius 2 is 1.39 bits per heavy atom. The number of unbranched alkanes of at least 4 members (excludes halogenated alkanes) is 7. The van der Waals surface area contributed by atoms with Crippen molar-refractivity contribution in [2.45, 2.75) is 84.5 Å². The molecule has 0 amide bonds. The number of carbonyl (C=O) groups is 2. The zero-order valence-electron chi connectivity index (χ0n) is 12.2. The van der Waals surface area contributed by atoms with Gasteiger partial charge in [-0.15, -0.1) is 0 Å². The third kappa shape index (κ3) is 9.38. The molecule has 0 aliphatic heterocycles.